The van der Waals surface area contributed by atoms with E-state index in [-0.39, 0.29) is 5.91 Å². The first-order valence-electron chi connectivity index (χ1n) is 7.51. The third-order valence-electron chi connectivity index (χ3n) is 3.75. The highest BCUT2D eigenvalue weighted by molar-refractivity contribution is 6.19. The Morgan fingerprint density at radius 1 is 1.04 bits per heavy atom. The van der Waals surface area contributed by atoms with Crippen molar-refractivity contribution in [1.82, 2.24) is 5.32 Å². The van der Waals surface area contributed by atoms with Crippen LogP contribution in [0.1, 0.15) is 16.7 Å². The lowest BCUT2D eigenvalue weighted by Crippen LogP contribution is -2.24. The molecule has 5 heteroatoms. The predicted molar refractivity (Wildman–Crippen MR) is 93.4 cm³/mol. The normalized spacial score (nSPS) is 15.2. The Kier molecular flexibility index (Phi) is 4.33. The van der Waals surface area contributed by atoms with E-state index in [2.05, 4.69) is 10.3 Å². The van der Waals surface area contributed by atoms with Crippen LogP contribution >= 0.6 is 0 Å². The average molecular weight is 322 g/mol. The number of benzene rings is 2. The van der Waals surface area contributed by atoms with Crippen LogP contribution in [0.3, 0.4) is 0 Å². The number of rotatable bonds is 4. The molecule has 2 aromatic rings. The first-order chi connectivity index (χ1) is 11.6. The van der Waals surface area contributed by atoms with Gasteiger partial charge in [0.05, 0.1) is 14.2 Å². The monoisotopic (exact) mass is 322 g/mol. The summed E-state index contributed by atoms with van der Waals surface area (Å²) in [6.45, 7) is 2.01. The van der Waals surface area contributed by atoms with Gasteiger partial charge in [0.2, 0.25) is 0 Å². The Morgan fingerprint density at radius 2 is 1.79 bits per heavy atom. The summed E-state index contributed by atoms with van der Waals surface area (Å²) in [7, 11) is 3.17. The molecule has 1 heterocycles. The molecule has 0 atom stereocenters. The van der Waals surface area contributed by atoms with Gasteiger partial charge in [0.25, 0.3) is 5.91 Å². The average Bonchev–Trinajstić information content (AvgIpc) is 2.96. The lowest BCUT2D eigenvalue weighted by Gasteiger charge is -2.07. The Bertz CT molecular complexity index is 836. The number of nitrogens with one attached hydrogen (secondary N) is 1. The van der Waals surface area contributed by atoms with Crippen LogP contribution in [-0.2, 0) is 4.79 Å². The fraction of sp³-hybridized carbons (Fsp3) is 0.158. The fourth-order valence-corrected chi connectivity index (χ4v) is 2.40. The van der Waals surface area contributed by atoms with Gasteiger partial charge >= 0.3 is 0 Å². The molecule has 0 fully saturated rings. The molecule has 2 aromatic carbocycles. The van der Waals surface area contributed by atoms with E-state index in [0.717, 1.165) is 16.7 Å². The number of aliphatic imine (C=N–C) groups is 1. The lowest BCUT2D eigenvalue weighted by atomic mass is 10.1. The molecule has 1 amide bonds. The van der Waals surface area contributed by atoms with Crippen molar-refractivity contribution in [2.24, 2.45) is 4.99 Å². The summed E-state index contributed by atoms with van der Waals surface area (Å²) in [6.07, 6.45) is 1.70. The molecule has 0 radical (unpaired) electrons. The number of hydrogen-bond acceptors (Lipinski definition) is 4. The van der Waals surface area contributed by atoms with E-state index in [0.29, 0.717) is 23.0 Å². The molecule has 1 aliphatic rings. The number of carbonyl (C=O) groups is 1. The van der Waals surface area contributed by atoms with Crippen LogP contribution < -0.4 is 14.8 Å². The van der Waals surface area contributed by atoms with Gasteiger partial charge in [-0.25, -0.2) is 4.99 Å². The zero-order valence-electron chi connectivity index (χ0n) is 13.8. The van der Waals surface area contributed by atoms with Crippen LogP contribution in [0.15, 0.2) is 53.2 Å². The van der Waals surface area contributed by atoms with E-state index in [1.165, 1.54) is 0 Å². The minimum absolute atomic E-state index is 0.233. The van der Waals surface area contributed by atoms with E-state index in [9.17, 15) is 4.79 Å². The molecular weight excluding hydrogens is 304 g/mol. The molecule has 5 nitrogen and oxygen atoms in total. The summed E-state index contributed by atoms with van der Waals surface area (Å²) in [6, 6.07) is 13.3. The summed E-state index contributed by atoms with van der Waals surface area (Å²) in [5, 5.41) is 2.80. The van der Waals surface area contributed by atoms with Gasteiger partial charge in [0.1, 0.15) is 23.0 Å². The molecule has 0 aromatic heterocycles. The van der Waals surface area contributed by atoms with Crippen molar-refractivity contribution in [2.75, 3.05) is 14.2 Å². The number of amides is 1. The van der Waals surface area contributed by atoms with Crippen molar-refractivity contribution in [1.29, 1.82) is 0 Å². The fourth-order valence-electron chi connectivity index (χ4n) is 2.40. The Morgan fingerprint density at radius 3 is 2.46 bits per heavy atom. The number of ether oxygens (including phenoxy) is 2. The number of carbonyl (C=O) groups excluding carboxylic acids is 1. The van der Waals surface area contributed by atoms with Crippen molar-refractivity contribution in [3.63, 3.8) is 0 Å². The topological polar surface area (TPSA) is 59.9 Å². The Labute approximate surface area is 140 Å². The molecule has 0 saturated heterocycles. The number of amidine groups is 1. The summed E-state index contributed by atoms with van der Waals surface area (Å²) < 4.78 is 10.5. The first kappa shape index (κ1) is 15.8. The maximum absolute atomic E-state index is 12.2. The quantitative estimate of drug-likeness (QED) is 0.881. The highest BCUT2D eigenvalue weighted by atomic mass is 16.5. The molecule has 24 heavy (non-hydrogen) atoms. The minimum Gasteiger partial charge on any atom is -0.497 e. The third kappa shape index (κ3) is 3.15. The first-order valence-corrected chi connectivity index (χ1v) is 7.51. The standard InChI is InChI=1S/C19H18N2O3/c1-12-4-6-13(7-5-12)18-20-16(19(22)21-18)10-14-8-9-15(23-2)11-17(14)24-3/h4-11H,1-3H3,(H,20,21,22)/b16-10-. The largest absolute Gasteiger partial charge is 0.497 e. The summed E-state index contributed by atoms with van der Waals surface area (Å²) in [4.78, 5) is 16.6. The lowest BCUT2D eigenvalue weighted by molar-refractivity contribution is -0.115. The van der Waals surface area contributed by atoms with Gasteiger partial charge in [0, 0.05) is 17.2 Å². The molecule has 0 saturated carbocycles. The van der Waals surface area contributed by atoms with E-state index in [1.54, 1.807) is 26.4 Å². The maximum Gasteiger partial charge on any atom is 0.275 e. The highest BCUT2D eigenvalue weighted by Crippen LogP contribution is 2.27. The molecule has 1 aliphatic heterocycles. The molecule has 0 bridgehead atoms. The molecule has 0 spiro atoms. The van der Waals surface area contributed by atoms with Crippen LogP contribution in [0.2, 0.25) is 0 Å². The van der Waals surface area contributed by atoms with Gasteiger partial charge in [-0.3, -0.25) is 4.79 Å². The SMILES string of the molecule is COc1ccc(/C=C2\N=C(c3ccc(C)cc3)NC2=O)c(OC)c1. The van der Waals surface area contributed by atoms with Crippen LogP contribution in [0.4, 0.5) is 0 Å². The zero-order valence-corrected chi connectivity index (χ0v) is 13.8. The van der Waals surface area contributed by atoms with E-state index in [1.807, 2.05) is 43.3 Å². The van der Waals surface area contributed by atoms with Crippen LogP contribution in [0, 0.1) is 6.92 Å². The number of hydrogen-bond donors (Lipinski definition) is 1. The Hall–Kier alpha value is -3.08. The van der Waals surface area contributed by atoms with Crippen molar-refractivity contribution in [3.8, 4) is 11.5 Å². The third-order valence-corrected chi connectivity index (χ3v) is 3.75. The van der Waals surface area contributed by atoms with Crippen molar-refractivity contribution in [2.45, 2.75) is 6.92 Å². The summed E-state index contributed by atoms with van der Waals surface area (Å²) in [5.41, 5.74) is 3.13. The highest BCUT2D eigenvalue weighted by Gasteiger charge is 2.21. The van der Waals surface area contributed by atoms with Gasteiger partial charge in [-0.1, -0.05) is 29.8 Å². The molecule has 122 valence electrons. The van der Waals surface area contributed by atoms with Gasteiger partial charge < -0.3 is 14.8 Å². The number of aryl methyl sites for hydroxylation is 1. The number of nitrogens with zero attached hydrogens (tertiary/aromatic N) is 1. The van der Waals surface area contributed by atoms with E-state index in [4.69, 9.17) is 9.47 Å². The van der Waals surface area contributed by atoms with E-state index >= 15 is 0 Å². The van der Waals surface area contributed by atoms with Crippen molar-refractivity contribution < 1.29 is 14.3 Å². The van der Waals surface area contributed by atoms with Crippen LogP contribution in [-0.4, -0.2) is 26.0 Å². The second-order valence-electron chi connectivity index (χ2n) is 5.42. The van der Waals surface area contributed by atoms with Crippen LogP contribution in [0.25, 0.3) is 6.08 Å². The van der Waals surface area contributed by atoms with E-state index < -0.39 is 0 Å². The molecule has 1 N–H and O–H groups in total. The number of methoxy groups -OCH3 is 2. The molecular formula is C19H18N2O3. The molecule has 3 rings (SSSR count). The van der Waals surface area contributed by atoms with Gasteiger partial charge in [-0.05, 0) is 25.1 Å². The smallest absolute Gasteiger partial charge is 0.275 e. The predicted octanol–water partition coefficient (Wildman–Crippen LogP) is 2.93. The minimum atomic E-state index is -0.233. The summed E-state index contributed by atoms with van der Waals surface area (Å²) in [5.74, 6) is 1.63. The van der Waals surface area contributed by atoms with Crippen LogP contribution in [0.5, 0.6) is 11.5 Å². The second kappa shape index (κ2) is 6.58. The van der Waals surface area contributed by atoms with Crippen molar-refractivity contribution >= 4 is 17.8 Å². The van der Waals surface area contributed by atoms with Crippen molar-refractivity contribution in [3.05, 3.63) is 64.9 Å². The zero-order chi connectivity index (χ0) is 17.1. The molecule has 0 unspecified atom stereocenters. The molecule has 0 aliphatic carbocycles. The second-order valence-corrected chi connectivity index (χ2v) is 5.42. The van der Waals surface area contributed by atoms with Gasteiger partial charge in [0.15, 0.2) is 0 Å². The van der Waals surface area contributed by atoms with Gasteiger partial charge in [-0.2, -0.15) is 0 Å². The summed E-state index contributed by atoms with van der Waals surface area (Å²) >= 11 is 0. The maximum atomic E-state index is 12.2. The van der Waals surface area contributed by atoms with Gasteiger partial charge in [-0.15, -0.1) is 0 Å². The Balaban J connectivity index is 1.95.